The lowest BCUT2D eigenvalue weighted by Crippen LogP contribution is -2.53. The van der Waals surface area contributed by atoms with Gasteiger partial charge in [-0.25, -0.2) is 4.39 Å². The molecule has 5 heteroatoms. The molecule has 0 saturated carbocycles. The quantitative estimate of drug-likeness (QED) is 0.928. The minimum absolute atomic E-state index is 0.0366. The summed E-state index contributed by atoms with van der Waals surface area (Å²) in [7, 11) is 0. The zero-order chi connectivity index (χ0) is 14.7. The minimum atomic E-state index is -0.398. The van der Waals surface area contributed by atoms with Gasteiger partial charge in [-0.05, 0) is 31.9 Å². The van der Waals surface area contributed by atoms with Crippen molar-refractivity contribution in [3.63, 3.8) is 0 Å². The molecule has 112 valence electrons. The summed E-state index contributed by atoms with van der Waals surface area (Å²) in [5, 5.41) is 0.166. The Bertz CT molecular complexity index is 455. The van der Waals surface area contributed by atoms with Gasteiger partial charge in [-0.2, -0.15) is 0 Å². The summed E-state index contributed by atoms with van der Waals surface area (Å²) < 4.78 is 19.2. The van der Waals surface area contributed by atoms with E-state index >= 15 is 0 Å². The van der Waals surface area contributed by atoms with E-state index in [4.69, 9.17) is 22.1 Å². The molecule has 0 radical (unpaired) electrons. The zero-order valence-electron chi connectivity index (χ0n) is 12.0. The Kier molecular flexibility index (Phi) is 5.38. The predicted octanol–water partition coefficient (Wildman–Crippen LogP) is 2.46. The van der Waals surface area contributed by atoms with Crippen molar-refractivity contribution in [1.82, 2.24) is 4.90 Å². The molecule has 0 bridgehead atoms. The highest BCUT2D eigenvalue weighted by Gasteiger charge is 2.27. The topological polar surface area (TPSA) is 38.5 Å². The van der Waals surface area contributed by atoms with Gasteiger partial charge in [0.1, 0.15) is 5.82 Å². The van der Waals surface area contributed by atoms with Gasteiger partial charge in [-0.3, -0.25) is 4.90 Å². The molecule has 3 nitrogen and oxygen atoms in total. The van der Waals surface area contributed by atoms with Crippen LogP contribution in [0.25, 0.3) is 0 Å². The highest BCUT2D eigenvalue weighted by Crippen LogP contribution is 2.22. The lowest BCUT2D eigenvalue weighted by Gasteiger charge is -2.38. The van der Waals surface area contributed by atoms with E-state index in [1.165, 1.54) is 6.07 Å². The van der Waals surface area contributed by atoms with Crippen molar-refractivity contribution in [2.24, 2.45) is 5.73 Å². The minimum Gasteiger partial charge on any atom is -0.374 e. The molecule has 0 amide bonds. The molecule has 20 heavy (non-hydrogen) atoms. The van der Waals surface area contributed by atoms with Gasteiger partial charge in [0.25, 0.3) is 0 Å². The summed E-state index contributed by atoms with van der Waals surface area (Å²) in [6, 6.07) is 5.12. The molecule has 0 aliphatic carbocycles. The van der Waals surface area contributed by atoms with Crippen LogP contribution in [0.5, 0.6) is 0 Å². The van der Waals surface area contributed by atoms with Crippen LogP contribution in [0.2, 0.25) is 5.02 Å². The van der Waals surface area contributed by atoms with E-state index in [-0.39, 0.29) is 17.2 Å². The second-order valence-corrected chi connectivity index (χ2v) is 5.96. The molecule has 1 aromatic rings. The molecule has 1 fully saturated rings. The first-order chi connectivity index (χ1) is 9.49. The lowest BCUT2D eigenvalue weighted by atomic mass is 10.00. The number of hydrogen-bond donors (Lipinski definition) is 1. The van der Waals surface area contributed by atoms with Crippen LogP contribution in [0.15, 0.2) is 18.2 Å². The molecule has 1 saturated heterocycles. The van der Waals surface area contributed by atoms with E-state index < -0.39 is 5.82 Å². The third-order valence-electron chi connectivity index (χ3n) is 3.82. The standard InChI is InChI=1S/C15H22ClFN2O/c1-10(2)19-6-7-20-14(9-19)13(18)8-11-4-3-5-12(17)15(11)16/h3-5,10,13-14H,6-9,18H2,1-2H3. The van der Waals surface area contributed by atoms with Gasteiger partial charge >= 0.3 is 0 Å². The van der Waals surface area contributed by atoms with Crippen LogP contribution in [-0.2, 0) is 11.2 Å². The summed E-state index contributed by atoms with van der Waals surface area (Å²) in [4.78, 5) is 2.35. The first-order valence-corrected chi connectivity index (χ1v) is 7.41. The number of morpholine rings is 1. The van der Waals surface area contributed by atoms with Crippen LogP contribution >= 0.6 is 11.6 Å². The Hall–Kier alpha value is -0.680. The van der Waals surface area contributed by atoms with Crippen molar-refractivity contribution in [3.05, 3.63) is 34.6 Å². The fraction of sp³-hybridized carbons (Fsp3) is 0.600. The number of halogens is 2. The maximum atomic E-state index is 13.4. The van der Waals surface area contributed by atoms with E-state index in [1.54, 1.807) is 6.07 Å². The van der Waals surface area contributed by atoms with Crippen molar-refractivity contribution >= 4 is 11.6 Å². The first-order valence-electron chi connectivity index (χ1n) is 7.03. The van der Waals surface area contributed by atoms with Crippen LogP contribution in [0.4, 0.5) is 4.39 Å². The van der Waals surface area contributed by atoms with E-state index in [0.29, 0.717) is 19.1 Å². The Labute approximate surface area is 124 Å². The SMILES string of the molecule is CC(C)N1CCOC(C(N)Cc2cccc(F)c2Cl)C1. The Morgan fingerprint density at radius 2 is 2.25 bits per heavy atom. The fourth-order valence-electron chi connectivity index (χ4n) is 2.52. The molecule has 2 atom stereocenters. The largest absolute Gasteiger partial charge is 0.374 e. The maximum absolute atomic E-state index is 13.4. The van der Waals surface area contributed by atoms with Crippen LogP contribution in [-0.4, -0.2) is 42.8 Å². The van der Waals surface area contributed by atoms with E-state index in [2.05, 4.69) is 18.7 Å². The molecule has 1 heterocycles. The second kappa shape index (κ2) is 6.85. The molecule has 2 unspecified atom stereocenters. The Balaban J connectivity index is 2.00. The lowest BCUT2D eigenvalue weighted by molar-refractivity contribution is -0.0495. The third kappa shape index (κ3) is 3.70. The number of rotatable bonds is 4. The molecule has 0 spiro atoms. The van der Waals surface area contributed by atoms with E-state index in [0.717, 1.165) is 18.7 Å². The Morgan fingerprint density at radius 1 is 1.50 bits per heavy atom. The molecule has 2 rings (SSSR count). The number of hydrogen-bond acceptors (Lipinski definition) is 3. The molecular weight excluding hydrogens is 279 g/mol. The van der Waals surface area contributed by atoms with Gasteiger partial charge < -0.3 is 10.5 Å². The molecule has 1 aliphatic rings. The molecular formula is C15H22ClFN2O. The first kappa shape index (κ1) is 15.7. The number of benzene rings is 1. The van der Waals surface area contributed by atoms with E-state index in [1.807, 2.05) is 6.07 Å². The monoisotopic (exact) mass is 300 g/mol. The molecule has 2 N–H and O–H groups in total. The van der Waals surface area contributed by atoms with Gasteiger partial charge in [0.15, 0.2) is 0 Å². The molecule has 1 aliphatic heterocycles. The summed E-state index contributed by atoms with van der Waals surface area (Å²) in [6.07, 6.45) is 0.484. The van der Waals surface area contributed by atoms with Crippen LogP contribution in [0.1, 0.15) is 19.4 Å². The van der Waals surface area contributed by atoms with Gasteiger partial charge in [0, 0.05) is 25.2 Å². The van der Waals surface area contributed by atoms with Crippen molar-refractivity contribution in [1.29, 1.82) is 0 Å². The van der Waals surface area contributed by atoms with Crippen molar-refractivity contribution < 1.29 is 9.13 Å². The van der Waals surface area contributed by atoms with Gasteiger partial charge in [0.2, 0.25) is 0 Å². The second-order valence-electron chi connectivity index (χ2n) is 5.58. The van der Waals surface area contributed by atoms with Crippen molar-refractivity contribution in [3.8, 4) is 0 Å². The van der Waals surface area contributed by atoms with Gasteiger partial charge in [-0.1, -0.05) is 23.7 Å². The zero-order valence-corrected chi connectivity index (χ0v) is 12.7. The summed E-state index contributed by atoms with van der Waals surface area (Å²) >= 11 is 5.97. The number of nitrogens with zero attached hydrogens (tertiary/aromatic N) is 1. The maximum Gasteiger partial charge on any atom is 0.142 e. The summed E-state index contributed by atoms with van der Waals surface area (Å²) in [5.74, 6) is -0.398. The molecule has 1 aromatic carbocycles. The average Bonchev–Trinajstić information content (AvgIpc) is 2.44. The predicted molar refractivity (Wildman–Crippen MR) is 79.5 cm³/mol. The van der Waals surface area contributed by atoms with E-state index in [9.17, 15) is 4.39 Å². The summed E-state index contributed by atoms with van der Waals surface area (Å²) in [5.41, 5.74) is 6.97. The molecule has 0 aromatic heterocycles. The normalized spacial score (nSPS) is 22.2. The third-order valence-corrected chi connectivity index (χ3v) is 4.24. The smallest absolute Gasteiger partial charge is 0.142 e. The van der Waals surface area contributed by atoms with Gasteiger partial charge in [0.05, 0.1) is 17.7 Å². The highest BCUT2D eigenvalue weighted by molar-refractivity contribution is 6.31. The summed E-state index contributed by atoms with van der Waals surface area (Å²) in [6.45, 7) is 6.76. The van der Waals surface area contributed by atoms with Crippen molar-refractivity contribution in [2.45, 2.75) is 38.5 Å². The Morgan fingerprint density at radius 3 is 2.95 bits per heavy atom. The van der Waals surface area contributed by atoms with Crippen LogP contribution < -0.4 is 5.73 Å². The van der Waals surface area contributed by atoms with Crippen LogP contribution in [0.3, 0.4) is 0 Å². The van der Waals surface area contributed by atoms with Gasteiger partial charge in [-0.15, -0.1) is 0 Å². The number of nitrogens with two attached hydrogens (primary N) is 1. The fourth-order valence-corrected chi connectivity index (χ4v) is 2.72. The highest BCUT2D eigenvalue weighted by atomic mass is 35.5. The number of ether oxygens (including phenoxy) is 1. The van der Waals surface area contributed by atoms with Crippen LogP contribution in [0, 0.1) is 5.82 Å². The van der Waals surface area contributed by atoms with Crippen molar-refractivity contribution in [2.75, 3.05) is 19.7 Å². The average molecular weight is 301 g/mol.